The van der Waals surface area contributed by atoms with Gasteiger partial charge in [-0.15, -0.1) is 0 Å². The molecule has 6 N–H and O–H groups in total. The van der Waals surface area contributed by atoms with Gasteiger partial charge < -0.3 is 40.3 Å². The molecule has 1 aliphatic heterocycles. The molecule has 322 valence electrons. The number of carbonyl (C=O) groups excluding carboxylic acids is 1. The molecular formula is C47H81NO8. The molecule has 9 heteroatoms. The number of aliphatic hydroxyl groups is 5. The highest BCUT2D eigenvalue weighted by Crippen LogP contribution is 2.23. The second-order valence-corrected chi connectivity index (χ2v) is 15.1. The highest BCUT2D eigenvalue weighted by atomic mass is 16.7. The lowest BCUT2D eigenvalue weighted by Crippen LogP contribution is -2.60. The Labute approximate surface area is 340 Å². The Kier molecular flexibility index (Phi) is 34.1. The second kappa shape index (κ2) is 36.9. The summed E-state index contributed by atoms with van der Waals surface area (Å²) in [4.78, 5) is 12.9. The van der Waals surface area contributed by atoms with Crippen LogP contribution in [0.3, 0.4) is 0 Å². The summed E-state index contributed by atoms with van der Waals surface area (Å²) in [7, 11) is 0. The van der Waals surface area contributed by atoms with Crippen molar-refractivity contribution < 1.29 is 39.8 Å². The van der Waals surface area contributed by atoms with E-state index in [0.717, 1.165) is 96.3 Å². The number of rotatable bonds is 35. The zero-order valence-corrected chi connectivity index (χ0v) is 35.1. The Balaban J connectivity index is 2.27. The Morgan fingerprint density at radius 3 is 1.64 bits per heavy atom. The molecule has 1 amide bonds. The van der Waals surface area contributed by atoms with Crippen molar-refractivity contribution in [1.29, 1.82) is 0 Å². The molecule has 1 heterocycles. The molecule has 0 spiro atoms. The molecule has 0 aromatic rings. The van der Waals surface area contributed by atoms with Gasteiger partial charge in [-0.2, -0.15) is 0 Å². The molecular weight excluding hydrogens is 707 g/mol. The lowest BCUT2D eigenvalue weighted by Gasteiger charge is -2.40. The average Bonchev–Trinajstić information content (AvgIpc) is 3.20. The molecule has 0 bridgehead atoms. The smallest absolute Gasteiger partial charge is 0.220 e. The van der Waals surface area contributed by atoms with E-state index in [9.17, 15) is 30.3 Å². The van der Waals surface area contributed by atoms with Crippen molar-refractivity contribution in [2.45, 2.75) is 204 Å². The van der Waals surface area contributed by atoms with E-state index in [4.69, 9.17) is 9.47 Å². The minimum absolute atomic E-state index is 0.149. The van der Waals surface area contributed by atoms with Crippen LogP contribution in [0, 0.1) is 0 Å². The fourth-order valence-corrected chi connectivity index (χ4v) is 6.51. The summed E-state index contributed by atoms with van der Waals surface area (Å²) in [5, 5.41) is 54.1. The lowest BCUT2D eigenvalue weighted by atomic mass is 9.99. The topological polar surface area (TPSA) is 149 Å². The second-order valence-electron chi connectivity index (χ2n) is 15.1. The number of amides is 1. The fourth-order valence-electron chi connectivity index (χ4n) is 6.51. The zero-order valence-electron chi connectivity index (χ0n) is 35.1. The Bertz CT molecular complexity index is 1100. The van der Waals surface area contributed by atoms with Crippen molar-refractivity contribution in [3.8, 4) is 0 Å². The standard InChI is InChI=1S/C47H81NO8/c1-3-5-7-9-11-13-14-15-16-17-18-19-20-21-22-23-24-25-26-27-28-29-31-33-35-37-43(51)48-40(41(50)36-34-32-30-12-10-8-6-4-2)39-55-47-46(54)45(53)44(52)42(38-49)56-47/h5,7,11,13,15-16,18-19,21-22,24-25,40-42,44-47,49-50,52-54H,3-4,6,8-10,12,14,17,20,23,26-39H2,1-2H3,(H,48,51)/b7-5-,13-11-,16-15-,19-18-,22-21-,25-24-. The van der Waals surface area contributed by atoms with E-state index in [2.05, 4.69) is 92.1 Å². The van der Waals surface area contributed by atoms with Crippen LogP contribution in [-0.4, -0.2) is 87.5 Å². The van der Waals surface area contributed by atoms with Gasteiger partial charge in [-0.3, -0.25) is 4.79 Å². The van der Waals surface area contributed by atoms with E-state index in [1.54, 1.807) is 0 Å². The molecule has 0 aromatic carbocycles. The quantitative estimate of drug-likeness (QED) is 0.0276. The number of hydrogen-bond donors (Lipinski definition) is 6. The van der Waals surface area contributed by atoms with Crippen LogP contribution in [0.15, 0.2) is 72.9 Å². The van der Waals surface area contributed by atoms with Crippen LogP contribution in [0.2, 0.25) is 0 Å². The third-order valence-corrected chi connectivity index (χ3v) is 10.1. The molecule has 9 nitrogen and oxygen atoms in total. The molecule has 56 heavy (non-hydrogen) atoms. The van der Waals surface area contributed by atoms with Gasteiger partial charge in [0.05, 0.1) is 25.4 Å². The summed E-state index contributed by atoms with van der Waals surface area (Å²) in [5.74, 6) is -0.167. The first-order chi connectivity index (χ1) is 27.3. The first-order valence-corrected chi connectivity index (χ1v) is 22.1. The number of hydrogen-bond acceptors (Lipinski definition) is 8. The largest absolute Gasteiger partial charge is 0.394 e. The summed E-state index contributed by atoms with van der Waals surface area (Å²) in [6.07, 6.45) is 42.1. The number of allylic oxidation sites excluding steroid dienone is 12. The van der Waals surface area contributed by atoms with Crippen molar-refractivity contribution in [2.75, 3.05) is 13.2 Å². The van der Waals surface area contributed by atoms with Gasteiger partial charge in [-0.25, -0.2) is 0 Å². The molecule has 1 saturated heterocycles. The predicted molar refractivity (Wildman–Crippen MR) is 230 cm³/mol. The summed E-state index contributed by atoms with van der Waals surface area (Å²) in [6, 6.07) is -0.728. The Morgan fingerprint density at radius 2 is 1.11 bits per heavy atom. The molecule has 0 aliphatic carbocycles. The van der Waals surface area contributed by atoms with Crippen LogP contribution in [0.25, 0.3) is 0 Å². The van der Waals surface area contributed by atoms with E-state index in [0.29, 0.717) is 12.8 Å². The van der Waals surface area contributed by atoms with Gasteiger partial charge >= 0.3 is 0 Å². The van der Waals surface area contributed by atoms with Crippen LogP contribution in [0.1, 0.15) is 162 Å². The first kappa shape index (κ1) is 51.6. The highest BCUT2D eigenvalue weighted by molar-refractivity contribution is 5.76. The van der Waals surface area contributed by atoms with Crippen LogP contribution in [0.5, 0.6) is 0 Å². The maximum absolute atomic E-state index is 12.9. The van der Waals surface area contributed by atoms with Gasteiger partial charge in [0.15, 0.2) is 6.29 Å². The SMILES string of the molecule is CC/C=C\C/C=C\C/C=C\C/C=C\C/C=C\C/C=C\CCCCCCCCC(=O)NC(COC1OC(CO)C(O)C(O)C1O)C(O)CCCCCCCCCC. The zero-order chi connectivity index (χ0) is 40.9. The van der Waals surface area contributed by atoms with E-state index in [1.165, 1.54) is 38.5 Å². The minimum atomic E-state index is -1.56. The number of ether oxygens (including phenoxy) is 2. The molecule has 1 aliphatic rings. The minimum Gasteiger partial charge on any atom is -0.394 e. The third kappa shape index (κ3) is 27.3. The molecule has 7 unspecified atom stereocenters. The summed E-state index contributed by atoms with van der Waals surface area (Å²) >= 11 is 0. The van der Waals surface area contributed by atoms with E-state index >= 15 is 0 Å². The van der Waals surface area contributed by atoms with Gasteiger partial charge in [0, 0.05) is 6.42 Å². The van der Waals surface area contributed by atoms with Gasteiger partial charge in [-0.1, -0.05) is 164 Å². The van der Waals surface area contributed by atoms with Crippen molar-refractivity contribution in [2.24, 2.45) is 0 Å². The van der Waals surface area contributed by atoms with Crippen molar-refractivity contribution >= 4 is 5.91 Å². The summed E-state index contributed by atoms with van der Waals surface area (Å²) < 4.78 is 11.2. The molecule has 7 atom stereocenters. The number of aliphatic hydroxyl groups excluding tert-OH is 5. The molecule has 1 rings (SSSR count). The average molecular weight is 788 g/mol. The van der Waals surface area contributed by atoms with Crippen LogP contribution < -0.4 is 5.32 Å². The van der Waals surface area contributed by atoms with E-state index < -0.39 is 49.5 Å². The van der Waals surface area contributed by atoms with Crippen LogP contribution in [0.4, 0.5) is 0 Å². The predicted octanol–water partition coefficient (Wildman–Crippen LogP) is 9.00. The highest BCUT2D eigenvalue weighted by Gasteiger charge is 2.44. The molecule has 0 saturated carbocycles. The Morgan fingerprint density at radius 1 is 0.625 bits per heavy atom. The Hall–Kier alpha value is -2.37. The number of unbranched alkanes of at least 4 members (excludes halogenated alkanes) is 13. The third-order valence-electron chi connectivity index (χ3n) is 10.1. The monoisotopic (exact) mass is 788 g/mol. The maximum Gasteiger partial charge on any atom is 0.220 e. The summed E-state index contributed by atoms with van der Waals surface area (Å²) in [6.45, 7) is 3.65. The fraction of sp³-hybridized carbons (Fsp3) is 0.723. The lowest BCUT2D eigenvalue weighted by molar-refractivity contribution is -0.302. The maximum atomic E-state index is 12.9. The molecule has 0 radical (unpaired) electrons. The van der Waals surface area contributed by atoms with E-state index in [1.807, 2.05) is 0 Å². The van der Waals surface area contributed by atoms with Crippen LogP contribution >= 0.6 is 0 Å². The van der Waals surface area contributed by atoms with E-state index in [-0.39, 0.29) is 12.5 Å². The molecule has 1 fully saturated rings. The van der Waals surface area contributed by atoms with Crippen molar-refractivity contribution in [1.82, 2.24) is 5.32 Å². The van der Waals surface area contributed by atoms with Crippen LogP contribution in [-0.2, 0) is 14.3 Å². The molecule has 0 aromatic heterocycles. The van der Waals surface area contributed by atoms with Gasteiger partial charge in [0.2, 0.25) is 5.91 Å². The number of nitrogens with one attached hydrogen (secondary N) is 1. The van der Waals surface area contributed by atoms with Gasteiger partial charge in [0.25, 0.3) is 0 Å². The van der Waals surface area contributed by atoms with Gasteiger partial charge in [0.1, 0.15) is 24.4 Å². The van der Waals surface area contributed by atoms with Crippen molar-refractivity contribution in [3.05, 3.63) is 72.9 Å². The number of carbonyl (C=O) groups is 1. The first-order valence-electron chi connectivity index (χ1n) is 22.1. The van der Waals surface area contributed by atoms with Gasteiger partial charge in [-0.05, 0) is 64.2 Å². The normalized spacial score (nSPS) is 21.9. The van der Waals surface area contributed by atoms with Crippen molar-refractivity contribution in [3.63, 3.8) is 0 Å². The summed E-state index contributed by atoms with van der Waals surface area (Å²) in [5.41, 5.74) is 0.